The molecule has 0 saturated carbocycles. The van der Waals surface area contributed by atoms with Crippen LogP contribution in [0.15, 0.2) is 40.1 Å². The van der Waals surface area contributed by atoms with Crippen molar-refractivity contribution in [2.45, 2.75) is 16.7 Å². The predicted molar refractivity (Wildman–Crippen MR) is 93.8 cm³/mol. The molecular formula is C14H12N2O6S3. The van der Waals surface area contributed by atoms with Crippen molar-refractivity contribution >= 4 is 47.5 Å². The van der Waals surface area contributed by atoms with E-state index in [-0.39, 0.29) is 16.1 Å². The first-order chi connectivity index (χ1) is 11.5. The van der Waals surface area contributed by atoms with Crippen LogP contribution < -0.4 is 5.73 Å². The molecule has 0 fully saturated rings. The number of nitrogens with zero attached hydrogens (tertiary/aromatic N) is 1. The Hall–Kier alpha value is -2.05. The van der Waals surface area contributed by atoms with E-state index in [0.717, 1.165) is 17.4 Å². The fourth-order valence-electron chi connectivity index (χ4n) is 2.34. The molecule has 25 heavy (non-hydrogen) atoms. The third-order valence-electron chi connectivity index (χ3n) is 3.42. The topological polar surface area (TPSA) is 148 Å². The van der Waals surface area contributed by atoms with Gasteiger partial charge in [0.2, 0.25) is 0 Å². The van der Waals surface area contributed by atoms with Crippen LogP contribution in [-0.4, -0.2) is 30.9 Å². The van der Waals surface area contributed by atoms with Crippen molar-refractivity contribution < 1.29 is 25.9 Å². The number of nitrogen functional groups attached to an aromatic ring is 1. The molecule has 0 spiro atoms. The summed E-state index contributed by atoms with van der Waals surface area (Å²) >= 11 is 1.12. The number of aromatic nitrogens is 1. The SMILES string of the molecule is Cc1cc(S(=O)(=O)O)c2nc(-c3ccc(N)c(S(=O)(=O)O)c3)sc2c1. The molecule has 4 N–H and O–H groups in total. The van der Waals surface area contributed by atoms with Crippen LogP contribution in [0.2, 0.25) is 0 Å². The van der Waals surface area contributed by atoms with Crippen LogP contribution in [-0.2, 0) is 20.2 Å². The Labute approximate surface area is 147 Å². The highest BCUT2D eigenvalue weighted by Gasteiger charge is 2.20. The second-order valence-electron chi connectivity index (χ2n) is 5.33. The Balaban J connectivity index is 2.29. The zero-order chi connectivity index (χ0) is 18.6. The maximum absolute atomic E-state index is 11.6. The largest absolute Gasteiger partial charge is 0.398 e. The molecule has 132 valence electrons. The molecule has 3 aromatic rings. The summed E-state index contributed by atoms with van der Waals surface area (Å²) in [5.41, 5.74) is 6.47. The minimum atomic E-state index is -4.52. The summed E-state index contributed by atoms with van der Waals surface area (Å²) in [6, 6.07) is 6.96. The average Bonchev–Trinajstić information content (AvgIpc) is 2.88. The van der Waals surface area contributed by atoms with Gasteiger partial charge in [-0.25, -0.2) is 4.98 Å². The molecule has 1 heterocycles. The average molecular weight is 400 g/mol. The third kappa shape index (κ3) is 3.37. The summed E-state index contributed by atoms with van der Waals surface area (Å²) in [7, 11) is -8.99. The van der Waals surface area contributed by atoms with Gasteiger partial charge in [-0.05, 0) is 42.8 Å². The lowest BCUT2D eigenvalue weighted by Gasteiger charge is -2.04. The summed E-state index contributed by atoms with van der Waals surface area (Å²) in [5.74, 6) is 0. The van der Waals surface area contributed by atoms with Crippen LogP contribution in [0, 0.1) is 6.92 Å². The summed E-state index contributed by atoms with van der Waals surface area (Å²) in [6.07, 6.45) is 0. The van der Waals surface area contributed by atoms with Gasteiger partial charge in [0.15, 0.2) is 0 Å². The van der Waals surface area contributed by atoms with Crippen LogP contribution in [0.1, 0.15) is 5.56 Å². The number of rotatable bonds is 3. The van der Waals surface area contributed by atoms with Crippen molar-refractivity contribution in [2.24, 2.45) is 0 Å². The van der Waals surface area contributed by atoms with Crippen LogP contribution in [0.4, 0.5) is 5.69 Å². The Bertz CT molecular complexity index is 1210. The maximum atomic E-state index is 11.6. The molecule has 8 nitrogen and oxygen atoms in total. The minimum Gasteiger partial charge on any atom is -0.398 e. The van der Waals surface area contributed by atoms with E-state index in [4.69, 9.17) is 5.73 Å². The van der Waals surface area contributed by atoms with Crippen LogP contribution in [0.25, 0.3) is 20.8 Å². The molecule has 2 aromatic carbocycles. The third-order valence-corrected chi connectivity index (χ3v) is 6.25. The van der Waals surface area contributed by atoms with Gasteiger partial charge in [-0.1, -0.05) is 0 Å². The van der Waals surface area contributed by atoms with Gasteiger partial charge in [0, 0.05) is 5.56 Å². The molecule has 0 unspecified atom stereocenters. The van der Waals surface area contributed by atoms with Gasteiger partial charge in [-0.2, -0.15) is 16.8 Å². The van der Waals surface area contributed by atoms with Gasteiger partial charge < -0.3 is 5.73 Å². The molecule has 1 aromatic heterocycles. The Morgan fingerprint density at radius 3 is 2.24 bits per heavy atom. The van der Waals surface area contributed by atoms with E-state index in [1.165, 1.54) is 18.2 Å². The fraction of sp³-hybridized carbons (Fsp3) is 0.0714. The Kier molecular flexibility index (Phi) is 4.08. The van der Waals surface area contributed by atoms with Gasteiger partial charge in [-0.3, -0.25) is 9.11 Å². The van der Waals surface area contributed by atoms with Crippen molar-refractivity contribution in [1.29, 1.82) is 0 Å². The van der Waals surface area contributed by atoms with E-state index in [9.17, 15) is 25.9 Å². The zero-order valence-electron chi connectivity index (χ0n) is 12.7. The van der Waals surface area contributed by atoms with E-state index >= 15 is 0 Å². The van der Waals surface area contributed by atoms with E-state index in [0.29, 0.717) is 20.8 Å². The van der Waals surface area contributed by atoms with E-state index in [2.05, 4.69) is 4.98 Å². The molecule has 0 aliphatic rings. The number of hydrogen-bond donors (Lipinski definition) is 3. The van der Waals surface area contributed by atoms with Crippen LogP contribution in [0.5, 0.6) is 0 Å². The van der Waals surface area contributed by atoms with Crippen LogP contribution >= 0.6 is 11.3 Å². The van der Waals surface area contributed by atoms with Gasteiger partial charge in [0.1, 0.15) is 20.3 Å². The van der Waals surface area contributed by atoms with E-state index in [1.54, 1.807) is 13.0 Å². The second kappa shape index (κ2) is 5.75. The Morgan fingerprint density at radius 2 is 1.64 bits per heavy atom. The Morgan fingerprint density at radius 1 is 1.00 bits per heavy atom. The number of nitrogens with two attached hydrogens (primary N) is 1. The maximum Gasteiger partial charge on any atom is 0.296 e. The first kappa shape index (κ1) is 17.8. The van der Waals surface area contributed by atoms with Crippen LogP contribution in [0.3, 0.4) is 0 Å². The number of fused-ring (bicyclic) bond motifs is 1. The normalized spacial score (nSPS) is 12.6. The van der Waals surface area contributed by atoms with Crippen molar-refractivity contribution in [3.05, 3.63) is 35.9 Å². The molecule has 0 bridgehead atoms. The molecule has 0 aliphatic heterocycles. The highest BCUT2D eigenvalue weighted by molar-refractivity contribution is 7.86. The molecule has 11 heteroatoms. The monoisotopic (exact) mass is 400 g/mol. The molecule has 3 rings (SSSR count). The predicted octanol–water partition coefficient (Wildman–Crippen LogP) is 2.35. The van der Waals surface area contributed by atoms with Gasteiger partial charge in [0.05, 0.1) is 10.4 Å². The number of aryl methyl sites for hydroxylation is 1. The lowest BCUT2D eigenvalue weighted by Crippen LogP contribution is -2.03. The lowest BCUT2D eigenvalue weighted by molar-refractivity contribution is 0.481. The van der Waals surface area contributed by atoms with E-state index in [1.807, 2.05) is 0 Å². The number of thiazole rings is 1. The van der Waals surface area contributed by atoms with Crippen molar-refractivity contribution in [3.8, 4) is 10.6 Å². The second-order valence-corrected chi connectivity index (χ2v) is 9.14. The number of hydrogen-bond acceptors (Lipinski definition) is 7. The summed E-state index contributed by atoms with van der Waals surface area (Å²) < 4.78 is 65.0. The van der Waals surface area contributed by atoms with Crippen molar-refractivity contribution in [1.82, 2.24) is 4.98 Å². The van der Waals surface area contributed by atoms with E-state index < -0.39 is 25.1 Å². The summed E-state index contributed by atoms with van der Waals surface area (Å²) in [4.78, 5) is 3.42. The molecule has 0 saturated heterocycles. The molecular weight excluding hydrogens is 388 g/mol. The van der Waals surface area contributed by atoms with Crippen molar-refractivity contribution in [2.75, 3.05) is 5.73 Å². The van der Waals surface area contributed by atoms with Gasteiger partial charge in [0.25, 0.3) is 20.2 Å². The molecule has 0 atom stereocenters. The van der Waals surface area contributed by atoms with Gasteiger partial charge >= 0.3 is 0 Å². The molecule has 0 radical (unpaired) electrons. The zero-order valence-corrected chi connectivity index (χ0v) is 15.1. The standard InChI is InChI=1S/C14H12N2O6S3/c1-7-4-10-13(12(5-7)25(20,21)22)16-14(23-10)8-2-3-9(15)11(6-8)24(17,18)19/h2-6H,15H2,1H3,(H,17,18,19)(H,20,21,22). The molecule has 0 aliphatic carbocycles. The van der Waals surface area contributed by atoms with Crippen molar-refractivity contribution in [3.63, 3.8) is 0 Å². The minimum absolute atomic E-state index is 0.0818. The fourth-order valence-corrected chi connectivity index (χ4v) is 4.87. The highest BCUT2D eigenvalue weighted by Crippen LogP contribution is 2.35. The quantitative estimate of drug-likeness (QED) is 0.448. The summed E-state index contributed by atoms with van der Waals surface area (Å²) in [5, 5.41) is 0.315. The molecule has 0 amide bonds. The van der Waals surface area contributed by atoms with Gasteiger partial charge in [-0.15, -0.1) is 11.3 Å². The smallest absolute Gasteiger partial charge is 0.296 e. The lowest BCUT2D eigenvalue weighted by atomic mass is 10.2. The first-order valence-electron chi connectivity index (χ1n) is 6.73. The number of anilines is 1. The number of benzene rings is 2. The first-order valence-corrected chi connectivity index (χ1v) is 10.4. The highest BCUT2D eigenvalue weighted by atomic mass is 32.2. The summed E-state index contributed by atoms with van der Waals surface area (Å²) in [6.45, 7) is 1.67.